The van der Waals surface area contributed by atoms with E-state index < -0.39 is 36.3 Å². The molecule has 0 saturated carbocycles. The van der Waals surface area contributed by atoms with Gasteiger partial charge in [-0.3, -0.25) is 19.3 Å². The van der Waals surface area contributed by atoms with Crippen LogP contribution in [0.4, 0.5) is 4.79 Å². The predicted octanol–water partition coefficient (Wildman–Crippen LogP) is 0.536. The molecular formula is C18H21N3O6. The summed E-state index contributed by atoms with van der Waals surface area (Å²) in [6.07, 6.45) is 0. The summed E-state index contributed by atoms with van der Waals surface area (Å²) < 4.78 is 4.60. The van der Waals surface area contributed by atoms with Crippen molar-refractivity contribution in [2.75, 3.05) is 20.2 Å². The molecule has 0 bridgehead atoms. The minimum Gasteiger partial charge on any atom is -0.465 e. The van der Waals surface area contributed by atoms with Gasteiger partial charge in [0.05, 0.1) is 12.7 Å². The van der Waals surface area contributed by atoms with Crippen molar-refractivity contribution < 1.29 is 28.7 Å². The van der Waals surface area contributed by atoms with Crippen LogP contribution in [-0.4, -0.2) is 59.7 Å². The third-order valence-electron chi connectivity index (χ3n) is 3.85. The average molecular weight is 375 g/mol. The molecule has 0 unspecified atom stereocenters. The zero-order valence-corrected chi connectivity index (χ0v) is 15.4. The first-order valence-electron chi connectivity index (χ1n) is 8.35. The second-order valence-electron chi connectivity index (χ2n) is 6.45. The van der Waals surface area contributed by atoms with Gasteiger partial charge < -0.3 is 10.1 Å². The van der Waals surface area contributed by atoms with Crippen molar-refractivity contribution in [2.24, 2.45) is 5.92 Å². The van der Waals surface area contributed by atoms with Gasteiger partial charge >= 0.3 is 23.8 Å². The normalized spacial score (nSPS) is 14.1. The summed E-state index contributed by atoms with van der Waals surface area (Å²) >= 11 is 0. The number of nitrogens with one attached hydrogen (secondary N) is 1. The molecule has 5 amide bonds. The molecule has 9 heteroatoms. The fraction of sp³-hybridized carbons (Fsp3) is 0.389. The molecule has 0 aromatic heterocycles. The summed E-state index contributed by atoms with van der Waals surface area (Å²) in [5.41, 5.74) is 1.09. The van der Waals surface area contributed by atoms with E-state index in [2.05, 4.69) is 10.1 Å². The van der Waals surface area contributed by atoms with Gasteiger partial charge in [0.15, 0.2) is 0 Å². The summed E-state index contributed by atoms with van der Waals surface area (Å²) in [6, 6.07) is 5.63. The number of hydrogen-bond donors (Lipinski definition) is 1. The quantitative estimate of drug-likeness (QED) is 0.423. The summed E-state index contributed by atoms with van der Waals surface area (Å²) in [5.74, 6) is -2.95. The highest BCUT2D eigenvalue weighted by Crippen LogP contribution is 2.14. The van der Waals surface area contributed by atoms with Crippen LogP contribution in [-0.2, 0) is 25.7 Å². The molecule has 1 N–H and O–H groups in total. The van der Waals surface area contributed by atoms with E-state index in [1.807, 2.05) is 13.8 Å². The first kappa shape index (κ1) is 20.1. The van der Waals surface area contributed by atoms with Crippen LogP contribution in [0.1, 0.15) is 29.8 Å². The van der Waals surface area contributed by atoms with E-state index in [0.29, 0.717) is 16.0 Å². The number of benzene rings is 1. The smallest absolute Gasteiger partial charge is 0.337 e. The second-order valence-corrected chi connectivity index (χ2v) is 6.45. The Morgan fingerprint density at radius 2 is 1.63 bits per heavy atom. The number of ether oxygens (including phenoxy) is 1. The lowest BCUT2D eigenvalue weighted by Crippen LogP contribution is -2.41. The monoisotopic (exact) mass is 375 g/mol. The van der Waals surface area contributed by atoms with Crippen LogP contribution in [0.3, 0.4) is 0 Å². The molecule has 1 aromatic rings. The lowest BCUT2D eigenvalue weighted by molar-refractivity contribution is -0.144. The van der Waals surface area contributed by atoms with Crippen LogP contribution in [0, 0.1) is 5.92 Å². The van der Waals surface area contributed by atoms with Gasteiger partial charge in [0, 0.05) is 13.1 Å². The maximum absolute atomic E-state index is 12.2. The van der Waals surface area contributed by atoms with E-state index in [9.17, 15) is 24.0 Å². The van der Waals surface area contributed by atoms with Gasteiger partial charge in [0.2, 0.25) is 5.91 Å². The molecule has 0 radical (unpaired) electrons. The highest BCUT2D eigenvalue weighted by Gasteiger charge is 2.45. The number of carbonyl (C=O) groups excluding carboxylic acids is 5. The Balaban J connectivity index is 1.92. The van der Waals surface area contributed by atoms with Crippen molar-refractivity contribution in [3.8, 4) is 0 Å². The van der Waals surface area contributed by atoms with Gasteiger partial charge in [-0.05, 0) is 23.6 Å². The van der Waals surface area contributed by atoms with Crippen LogP contribution >= 0.6 is 0 Å². The Labute approximate surface area is 156 Å². The molecule has 27 heavy (non-hydrogen) atoms. The van der Waals surface area contributed by atoms with Crippen molar-refractivity contribution >= 4 is 29.7 Å². The maximum Gasteiger partial charge on any atom is 0.337 e. The summed E-state index contributed by atoms with van der Waals surface area (Å²) in [7, 11) is 1.28. The highest BCUT2D eigenvalue weighted by atomic mass is 16.5. The molecule has 0 atom stereocenters. The fourth-order valence-electron chi connectivity index (χ4n) is 2.49. The number of amides is 5. The number of nitrogens with zero attached hydrogens (tertiary/aromatic N) is 2. The molecule has 1 fully saturated rings. The van der Waals surface area contributed by atoms with Crippen molar-refractivity contribution in [1.29, 1.82) is 0 Å². The molecule has 9 nitrogen and oxygen atoms in total. The van der Waals surface area contributed by atoms with Gasteiger partial charge in [-0.25, -0.2) is 14.5 Å². The van der Waals surface area contributed by atoms with E-state index in [1.165, 1.54) is 7.11 Å². The van der Waals surface area contributed by atoms with E-state index in [-0.39, 0.29) is 19.0 Å². The molecule has 1 aliphatic heterocycles. The number of esters is 1. The third-order valence-corrected chi connectivity index (χ3v) is 3.85. The van der Waals surface area contributed by atoms with Crippen molar-refractivity contribution in [1.82, 2.24) is 15.1 Å². The van der Waals surface area contributed by atoms with Crippen LogP contribution in [0.15, 0.2) is 24.3 Å². The molecule has 1 saturated heterocycles. The van der Waals surface area contributed by atoms with Gasteiger partial charge in [-0.1, -0.05) is 26.0 Å². The standard InChI is InChI=1S/C18H21N3O6/c1-11(2)9-20-15(23)16(24)21(18(20)26)10-14(22)19-8-12-4-6-13(7-5-12)17(25)27-3/h4-7,11H,8-10H2,1-3H3,(H,19,22). The number of carbonyl (C=O) groups is 5. The Morgan fingerprint density at radius 3 is 2.19 bits per heavy atom. The largest absolute Gasteiger partial charge is 0.465 e. The lowest BCUT2D eigenvalue weighted by atomic mass is 10.1. The number of hydrogen-bond acceptors (Lipinski definition) is 6. The average Bonchev–Trinajstić information content (AvgIpc) is 2.84. The number of urea groups is 1. The molecule has 1 aliphatic rings. The molecule has 0 spiro atoms. The van der Waals surface area contributed by atoms with Gasteiger partial charge in [0.1, 0.15) is 6.54 Å². The minimum atomic E-state index is -1.00. The first-order valence-corrected chi connectivity index (χ1v) is 8.35. The lowest BCUT2D eigenvalue weighted by Gasteiger charge is -2.16. The molecular weight excluding hydrogens is 354 g/mol. The van der Waals surface area contributed by atoms with Gasteiger partial charge in [0.25, 0.3) is 0 Å². The Morgan fingerprint density at radius 1 is 1.04 bits per heavy atom. The molecule has 0 aliphatic carbocycles. The van der Waals surface area contributed by atoms with Gasteiger partial charge in [-0.2, -0.15) is 0 Å². The number of imide groups is 2. The summed E-state index contributed by atoms with van der Waals surface area (Å²) in [4.78, 5) is 60.9. The Bertz CT molecular complexity index is 772. The topological polar surface area (TPSA) is 113 Å². The second kappa shape index (κ2) is 8.43. The van der Waals surface area contributed by atoms with Crippen LogP contribution < -0.4 is 5.32 Å². The van der Waals surface area contributed by atoms with Crippen molar-refractivity contribution in [3.63, 3.8) is 0 Å². The van der Waals surface area contributed by atoms with Gasteiger partial charge in [-0.15, -0.1) is 0 Å². The predicted molar refractivity (Wildman–Crippen MR) is 93.3 cm³/mol. The van der Waals surface area contributed by atoms with E-state index >= 15 is 0 Å². The van der Waals surface area contributed by atoms with Crippen molar-refractivity contribution in [3.05, 3.63) is 35.4 Å². The maximum atomic E-state index is 12.2. The Kier molecular flexibility index (Phi) is 6.27. The molecule has 1 heterocycles. The van der Waals surface area contributed by atoms with Crippen LogP contribution in [0.2, 0.25) is 0 Å². The number of methoxy groups -OCH3 is 1. The fourth-order valence-corrected chi connectivity index (χ4v) is 2.49. The summed E-state index contributed by atoms with van der Waals surface area (Å²) in [6.45, 7) is 3.35. The van der Waals surface area contributed by atoms with Crippen LogP contribution in [0.5, 0.6) is 0 Å². The van der Waals surface area contributed by atoms with E-state index in [4.69, 9.17) is 0 Å². The number of rotatable bonds is 7. The minimum absolute atomic E-state index is 0.00689. The SMILES string of the molecule is COC(=O)c1ccc(CNC(=O)CN2C(=O)C(=O)N(CC(C)C)C2=O)cc1. The van der Waals surface area contributed by atoms with E-state index in [1.54, 1.807) is 24.3 Å². The van der Waals surface area contributed by atoms with E-state index in [0.717, 1.165) is 4.90 Å². The Hall–Kier alpha value is -3.23. The molecule has 1 aromatic carbocycles. The molecule has 2 rings (SSSR count). The summed E-state index contributed by atoms with van der Waals surface area (Å²) in [5, 5.41) is 2.57. The third kappa shape index (κ3) is 4.69. The van der Waals surface area contributed by atoms with Crippen LogP contribution in [0.25, 0.3) is 0 Å². The van der Waals surface area contributed by atoms with Crippen molar-refractivity contribution in [2.45, 2.75) is 20.4 Å². The molecule has 144 valence electrons. The zero-order valence-electron chi connectivity index (χ0n) is 15.4. The highest BCUT2D eigenvalue weighted by molar-refractivity contribution is 6.45. The zero-order chi connectivity index (χ0) is 20.1. The first-order chi connectivity index (χ1) is 12.7.